The topological polar surface area (TPSA) is 67.9 Å². The summed E-state index contributed by atoms with van der Waals surface area (Å²) in [6.07, 6.45) is 0.330. The maximum Gasteiger partial charge on any atom is 0.261 e. The summed E-state index contributed by atoms with van der Waals surface area (Å²) < 4.78 is 11.2. The van der Waals surface area contributed by atoms with Gasteiger partial charge in [-0.25, -0.2) is 0 Å². The van der Waals surface area contributed by atoms with Gasteiger partial charge in [0.05, 0.1) is 7.11 Å². The Labute approximate surface area is 228 Å². The van der Waals surface area contributed by atoms with Crippen molar-refractivity contribution in [1.82, 2.24) is 10.2 Å². The number of benzene rings is 3. The number of hydrogen-bond acceptors (Lipinski definition) is 4. The Morgan fingerprint density at radius 2 is 1.62 bits per heavy atom. The van der Waals surface area contributed by atoms with Crippen molar-refractivity contribution in [3.05, 3.63) is 94.0 Å². The van der Waals surface area contributed by atoms with E-state index in [0.29, 0.717) is 40.1 Å². The molecule has 0 unspecified atom stereocenters. The van der Waals surface area contributed by atoms with E-state index < -0.39 is 6.04 Å². The first-order valence-electron chi connectivity index (χ1n) is 12.1. The molecule has 0 fully saturated rings. The smallest absolute Gasteiger partial charge is 0.261 e. The molecule has 0 aliphatic carbocycles. The third-order valence-corrected chi connectivity index (χ3v) is 6.32. The van der Waals surface area contributed by atoms with Gasteiger partial charge in [0.15, 0.2) is 18.1 Å². The molecule has 3 aromatic carbocycles. The number of halogens is 2. The average Bonchev–Trinajstić information content (AvgIpc) is 2.89. The van der Waals surface area contributed by atoms with Gasteiger partial charge in [0.2, 0.25) is 5.91 Å². The van der Waals surface area contributed by atoms with Crippen LogP contribution in [0, 0.1) is 5.92 Å². The highest BCUT2D eigenvalue weighted by Gasteiger charge is 2.31. The number of methoxy groups -OCH3 is 1. The summed E-state index contributed by atoms with van der Waals surface area (Å²) in [7, 11) is 1.54. The highest BCUT2D eigenvalue weighted by Crippen LogP contribution is 2.27. The Morgan fingerprint density at radius 1 is 0.946 bits per heavy atom. The van der Waals surface area contributed by atoms with E-state index in [-0.39, 0.29) is 30.9 Å². The molecule has 0 spiro atoms. The molecule has 3 rings (SSSR count). The van der Waals surface area contributed by atoms with Crippen molar-refractivity contribution in [3.8, 4) is 11.5 Å². The number of rotatable bonds is 12. The number of carbonyl (C=O) groups is 2. The second kappa shape index (κ2) is 13.9. The van der Waals surface area contributed by atoms with Crippen molar-refractivity contribution in [2.24, 2.45) is 5.92 Å². The van der Waals surface area contributed by atoms with Crippen molar-refractivity contribution in [2.45, 2.75) is 32.9 Å². The van der Waals surface area contributed by atoms with E-state index in [1.807, 2.05) is 50.2 Å². The van der Waals surface area contributed by atoms with E-state index in [4.69, 9.17) is 32.7 Å². The number of nitrogens with one attached hydrogen (secondary N) is 1. The molecule has 1 atom stereocenters. The summed E-state index contributed by atoms with van der Waals surface area (Å²) in [5.41, 5.74) is 1.60. The summed E-state index contributed by atoms with van der Waals surface area (Å²) in [6.45, 7) is 4.35. The van der Waals surface area contributed by atoms with E-state index in [9.17, 15) is 9.59 Å². The Balaban J connectivity index is 1.94. The summed E-state index contributed by atoms with van der Waals surface area (Å²) in [5, 5.41) is 3.89. The molecule has 0 aromatic heterocycles. The molecular weight excluding hydrogens is 511 g/mol. The zero-order chi connectivity index (χ0) is 26.8. The molecule has 6 nitrogen and oxygen atoms in total. The summed E-state index contributed by atoms with van der Waals surface area (Å²) in [5.74, 6) is 0.598. The predicted molar refractivity (Wildman–Crippen MR) is 147 cm³/mol. The maximum absolute atomic E-state index is 13.7. The molecule has 37 heavy (non-hydrogen) atoms. The van der Waals surface area contributed by atoms with Crippen LogP contribution < -0.4 is 14.8 Å². The number of amides is 2. The molecule has 196 valence electrons. The van der Waals surface area contributed by atoms with Gasteiger partial charge in [0, 0.05) is 29.6 Å². The van der Waals surface area contributed by atoms with Crippen molar-refractivity contribution >= 4 is 35.0 Å². The fraction of sp³-hybridized carbons (Fsp3) is 0.310. The molecule has 0 aliphatic heterocycles. The number of carbonyl (C=O) groups excluding carboxylic acids is 2. The fourth-order valence-corrected chi connectivity index (χ4v) is 4.24. The lowest BCUT2D eigenvalue weighted by Gasteiger charge is -2.32. The normalized spacial score (nSPS) is 11.6. The van der Waals surface area contributed by atoms with Crippen LogP contribution in [-0.2, 0) is 22.6 Å². The molecule has 0 bridgehead atoms. The third kappa shape index (κ3) is 8.41. The maximum atomic E-state index is 13.7. The molecule has 0 aliphatic rings. The average molecular weight is 543 g/mol. The predicted octanol–water partition coefficient (Wildman–Crippen LogP) is 5.79. The van der Waals surface area contributed by atoms with Crippen molar-refractivity contribution < 1.29 is 19.1 Å². The SMILES string of the molecule is COc1ccccc1OCC(=O)N(Cc1ccc(Cl)cc1Cl)[C@H](Cc1ccccc1)C(=O)NCC(C)C. The molecule has 2 amide bonds. The highest BCUT2D eigenvalue weighted by molar-refractivity contribution is 6.35. The Bertz CT molecular complexity index is 1190. The quantitative estimate of drug-likeness (QED) is 0.314. The van der Waals surface area contributed by atoms with Gasteiger partial charge < -0.3 is 19.7 Å². The van der Waals surface area contributed by atoms with Gasteiger partial charge in [-0.3, -0.25) is 9.59 Å². The first kappa shape index (κ1) is 28.4. The lowest BCUT2D eigenvalue weighted by Crippen LogP contribution is -2.52. The van der Waals surface area contributed by atoms with Crippen LogP contribution in [0.1, 0.15) is 25.0 Å². The molecule has 1 N–H and O–H groups in total. The minimum atomic E-state index is -0.790. The van der Waals surface area contributed by atoms with E-state index in [1.54, 1.807) is 36.4 Å². The van der Waals surface area contributed by atoms with Crippen LogP contribution in [0.2, 0.25) is 10.0 Å². The van der Waals surface area contributed by atoms with Crippen LogP contribution in [-0.4, -0.2) is 43.0 Å². The van der Waals surface area contributed by atoms with Crippen LogP contribution in [0.3, 0.4) is 0 Å². The Kier molecular flexibility index (Phi) is 10.7. The monoisotopic (exact) mass is 542 g/mol. The second-order valence-corrected chi connectivity index (χ2v) is 9.89. The molecule has 0 saturated carbocycles. The number of nitrogens with zero attached hydrogens (tertiary/aromatic N) is 1. The molecule has 0 radical (unpaired) electrons. The minimum absolute atomic E-state index is 0.108. The Morgan fingerprint density at radius 3 is 2.27 bits per heavy atom. The van der Waals surface area contributed by atoms with Gasteiger partial charge >= 0.3 is 0 Å². The molecule has 8 heteroatoms. The van der Waals surface area contributed by atoms with Crippen LogP contribution in [0.15, 0.2) is 72.8 Å². The van der Waals surface area contributed by atoms with Crippen molar-refractivity contribution in [1.29, 1.82) is 0 Å². The van der Waals surface area contributed by atoms with E-state index in [2.05, 4.69) is 5.32 Å². The number of para-hydroxylation sites is 2. The molecule has 3 aromatic rings. The molecular formula is C29H32Cl2N2O4. The molecule has 0 saturated heterocycles. The van der Waals surface area contributed by atoms with Gasteiger partial charge in [-0.15, -0.1) is 0 Å². The minimum Gasteiger partial charge on any atom is -0.493 e. The summed E-state index contributed by atoms with van der Waals surface area (Å²) in [4.78, 5) is 28.7. The fourth-order valence-electron chi connectivity index (χ4n) is 3.77. The number of hydrogen-bond donors (Lipinski definition) is 1. The van der Waals surface area contributed by atoms with Gasteiger partial charge in [-0.2, -0.15) is 0 Å². The highest BCUT2D eigenvalue weighted by atomic mass is 35.5. The number of ether oxygens (including phenoxy) is 2. The Hall–Kier alpha value is -3.22. The standard InChI is InChI=1S/C29H32Cl2N2O4/c1-20(2)17-32-29(35)25(15-21-9-5-4-6-10-21)33(18-22-13-14-23(30)16-24(22)31)28(34)19-37-27-12-8-7-11-26(27)36-3/h4-14,16,20,25H,15,17-19H2,1-3H3,(H,32,35)/t25-/m1/s1. The second-order valence-electron chi connectivity index (χ2n) is 9.04. The molecule has 0 heterocycles. The van der Waals surface area contributed by atoms with Crippen molar-refractivity contribution in [3.63, 3.8) is 0 Å². The van der Waals surface area contributed by atoms with E-state index >= 15 is 0 Å². The van der Waals surface area contributed by atoms with E-state index in [1.165, 1.54) is 12.0 Å². The van der Waals surface area contributed by atoms with Crippen molar-refractivity contribution in [2.75, 3.05) is 20.3 Å². The van der Waals surface area contributed by atoms with Gasteiger partial charge in [0.25, 0.3) is 5.91 Å². The zero-order valence-electron chi connectivity index (χ0n) is 21.2. The van der Waals surface area contributed by atoms with Crippen LogP contribution in [0.5, 0.6) is 11.5 Å². The van der Waals surface area contributed by atoms with Crippen LogP contribution in [0.25, 0.3) is 0 Å². The van der Waals surface area contributed by atoms with Gasteiger partial charge in [-0.1, -0.05) is 85.6 Å². The third-order valence-electron chi connectivity index (χ3n) is 5.73. The lowest BCUT2D eigenvalue weighted by atomic mass is 10.0. The zero-order valence-corrected chi connectivity index (χ0v) is 22.8. The van der Waals surface area contributed by atoms with Gasteiger partial charge in [0.1, 0.15) is 6.04 Å². The lowest BCUT2D eigenvalue weighted by molar-refractivity contribution is -0.142. The largest absolute Gasteiger partial charge is 0.493 e. The van der Waals surface area contributed by atoms with E-state index in [0.717, 1.165) is 5.56 Å². The summed E-state index contributed by atoms with van der Waals surface area (Å²) in [6, 6.07) is 21.0. The van der Waals surface area contributed by atoms with Crippen LogP contribution in [0.4, 0.5) is 0 Å². The first-order valence-corrected chi connectivity index (χ1v) is 12.8. The van der Waals surface area contributed by atoms with Crippen LogP contribution >= 0.6 is 23.2 Å². The van der Waals surface area contributed by atoms with Gasteiger partial charge in [-0.05, 0) is 41.3 Å². The first-order chi connectivity index (χ1) is 17.8. The summed E-state index contributed by atoms with van der Waals surface area (Å²) >= 11 is 12.6.